The van der Waals surface area contributed by atoms with Gasteiger partial charge in [0.05, 0.1) is 5.69 Å². The van der Waals surface area contributed by atoms with Crippen LogP contribution in [0.15, 0.2) is 24.3 Å². The van der Waals surface area contributed by atoms with Crippen LogP contribution in [0.5, 0.6) is 0 Å². The van der Waals surface area contributed by atoms with Crippen molar-refractivity contribution < 1.29 is 4.79 Å². The van der Waals surface area contributed by atoms with Gasteiger partial charge in [-0.05, 0) is 40.0 Å². The Hall–Kier alpha value is -2.14. The Morgan fingerprint density at radius 1 is 1.19 bits per heavy atom. The normalized spacial score (nSPS) is 10.7. The molecule has 0 saturated heterocycles. The zero-order valence-corrected chi connectivity index (χ0v) is 13.0. The maximum atomic E-state index is 12.1. The van der Waals surface area contributed by atoms with Crippen molar-refractivity contribution in [3.8, 4) is 0 Å². The summed E-state index contributed by atoms with van der Waals surface area (Å²) in [4.78, 5) is 12.1. The van der Waals surface area contributed by atoms with E-state index in [-0.39, 0.29) is 12.5 Å². The number of amides is 1. The summed E-state index contributed by atoms with van der Waals surface area (Å²) < 4.78 is 1.76. The molecule has 0 unspecified atom stereocenters. The SMILES string of the molecule is CNCc1c(C)nn(CC(=O)Nc2ccc(C)cc2)c1C. The van der Waals surface area contributed by atoms with Crippen LogP contribution in [-0.4, -0.2) is 22.7 Å². The summed E-state index contributed by atoms with van der Waals surface area (Å²) in [5, 5.41) is 10.5. The van der Waals surface area contributed by atoms with E-state index in [0.717, 1.165) is 29.2 Å². The van der Waals surface area contributed by atoms with Gasteiger partial charge in [-0.25, -0.2) is 0 Å². The number of aromatic nitrogens is 2. The van der Waals surface area contributed by atoms with E-state index < -0.39 is 0 Å². The molecule has 112 valence electrons. The van der Waals surface area contributed by atoms with E-state index in [1.165, 1.54) is 5.56 Å². The van der Waals surface area contributed by atoms with Crippen LogP contribution in [0.1, 0.15) is 22.5 Å². The minimum atomic E-state index is -0.0690. The second-order valence-corrected chi connectivity index (χ2v) is 5.25. The summed E-state index contributed by atoms with van der Waals surface area (Å²) in [6.07, 6.45) is 0. The third kappa shape index (κ3) is 3.70. The minimum absolute atomic E-state index is 0.0690. The molecule has 2 aromatic rings. The predicted molar refractivity (Wildman–Crippen MR) is 84.3 cm³/mol. The first-order chi connectivity index (χ1) is 10.0. The molecule has 1 heterocycles. The molecule has 1 aromatic heterocycles. The second-order valence-electron chi connectivity index (χ2n) is 5.25. The van der Waals surface area contributed by atoms with Crippen molar-refractivity contribution in [1.29, 1.82) is 0 Å². The molecule has 21 heavy (non-hydrogen) atoms. The Bertz CT molecular complexity index is 628. The average molecular weight is 286 g/mol. The van der Waals surface area contributed by atoms with Crippen LogP contribution < -0.4 is 10.6 Å². The van der Waals surface area contributed by atoms with E-state index in [1.807, 2.05) is 52.1 Å². The molecule has 2 rings (SSSR count). The molecule has 0 aliphatic rings. The van der Waals surface area contributed by atoms with Crippen LogP contribution >= 0.6 is 0 Å². The number of hydrogen-bond acceptors (Lipinski definition) is 3. The van der Waals surface area contributed by atoms with Gasteiger partial charge < -0.3 is 10.6 Å². The maximum absolute atomic E-state index is 12.1. The molecule has 0 aliphatic heterocycles. The zero-order valence-electron chi connectivity index (χ0n) is 13.0. The van der Waals surface area contributed by atoms with Gasteiger partial charge >= 0.3 is 0 Å². The Balaban J connectivity index is 2.06. The minimum Gasteiger partial charge on any atom is -0.324 e. The van der Waals surface area contributed by atoms with E-state index in [4.69, 9.17) is 0 Å². The van der Waals surface area contributed by atoms with E-state index >= 15 is 0 Å². The van der Waals surface area contributed by atoms with Gasteiger partial charge in [-0.1, -0.05) is 17.7 Å². The van der Waals surface area contributed by atoms with Crippen LogP contribution in [0.25, 0.3) is 0 Å². The highest BCUT2D eigenvalue weighted by atomic mass is 16.2. The fourth-order valence-corrected chi connectivity index (χ4v) is 2.29. The summed E-state index contributed by atoms with van der Waals surface area (Å²) in [6.45, 7) is 6.96. The number of carbonyl (C=O) groups excluding carboxylic acids is 1. The van der Waals surface area contributed by atoms with Crippen LogP contribution in [0.4, 0.5) is 5.69 Å². The fraction of sp³-hybridized carbons (Fsp3) is 0.375. The van der Waals surface area contributed by atoms with E-state index in [1.54, 1.807) is 4.68 Å². The summed E-state index contributed by atoms with van der Waals surface area (Å²) in [7, 11) is 1.90. The summed E-state index contributed by atoms with van der Waals surface area (Å²) in [6, 6.07) is 7.76. The van der Waals surface area contributed by atoms with Crippen LogP contribution in [-0.2, 0) is 17.9 Å². The highest BCUT2D eigenvalue weighted by molar-refractivity contribution is 5.90. The number of benzene rings is 1. The van der Waals surface area contributed by atoms with Crippen LogP contribution in [0, 0.1) is 20.8 Å². The Morgan fingerprint density at radius 2 is 1.86 bits per heavy atom. The quantitative estimate of drug-likeness (QED) is 0.885. The largest absolute Gasteiger partial charge is 0.324 e. The molecule has 5 nitrogen and oxygen atoms in total. The zero-order chi connectivity index (χ0) is 15.4. The molecule has 0 atom stereocenters. The smallest absolute Gasteiger partial charge is 0.246 e. The van der Waals surface area contributed by atoms with Gasteiger partial charge in [0.2, 0.25) is 5.91 Å². The van der Waals surface area contributed by atoms with E-state index in [2.05, 4.69) is 15.7 Å². The first-order valence-corrected chi connectivity index (χ1v) is 7.05. The lowest BCUT2D eigenvalue weighted by atomic mass is 10.2. The van der Waals surface area contributed by atoms with Gasteiger partial charge in [0.1, 0.15) is 6.54 Å². The average Bonchev–Trinajstić information content (AvgIpc) is 2.69. The number of aryl methyl sites for hydroxylation is 2. The van der Waals surface area contributed by atoms with Gasteiger partial charge in [-0.15, -0.1) is 0 Å². The first kappa shape index (κ1) is 15.3. The fourth-order valence-electron chi connectivity index (χ4n) is 2.29. The van der Waals surface area contributed by atoms with Crippen molar-refractivity contribution in [1.82, 2.24) is 15.1 Å². The van der Waals surface area contributed by atoms with Gasteiger partial charge in [0.25, 0.3) is 0 Å². The van der Waals surface area contributed by atoms with Gasteiger partial charge in [-0.3, -0.25) is 9.48 Å². The number of nitrogens with one attached hydrogen (secondary N) is 2. The molecule has 0 fully saturated rings. The van der Waals surface area contributed by atoms with Gasteiger partial charge in [0.15, 0.2) is 0 Å². The summed E-state index contributed by atoms with van der Waals surface area (Å²) in [5.74, 6) is -0.0690. The monoisotopic (exact) mass is 286 g/mol. The Labute approximate surface area is 125 Å². The lowest BCUT2D eigenvalue weighted by Crippen LogP contribution is -2.20. The second kappa shape index (κ2) is 6.54. The van der Waals surface area contributed by atoms with Crippen molar-refractivity contribution in [2.24, 2.45) is 0 Å². The number of rotatable bonds is 5. The third-order valence-corrected chi connectivity index (χ3v) is 3.51. The third-order valence-electron chi connectivity index (χ3n) is 3.51. The number of hydrogen-bond donors (Lipinski definition) is 2. The molecule has 1 aromatic carbocycles. The highest BCUT2D eigenvalue weighted by Crippen LogP contribution is 2.13. The van der Waals surface area contributed by atoms with Crippen LogP contribution in [0.3, 0.4) is 0 Å². The summed E-state index contributed by atoms with van der Waals surface area (Å²) in [5.41, 5.74) is 5.12. The number of anilines is 1. The molecule has 0 spiro atoms. The standard InChI is InChI=1S/C16H22N4O/c1-11-5-7-14(8-6-11)18-16(21)10-20-13(3)15(9-17-4)12(2)19-20/h5-8,17H,9-10H2,1-4H3,(H,18,21). The molecule has 0 saturated carbocycles. The topological polar surface area (TPSA) is 59.0 Å². The molecule has 0 radical (unpaired) electrons. The molecule has 0 aliphatic carbocycles. The molecule has 1 amide bonds. The Morgan fingerprint density at radius 3 is 2.48 bits per heavy atom. The maximum Gasteiger partial charge on any atom is 0.246 e. The summed E-state index contributed by atoms with van der Waals surface area (Å²) >= 11 is 0. The van der Waals surface area contributed by atoms with Crippen molar-refractivity contribution in [2.45, 2.75) is 33.9 Å². The Kier molecular flexibility index (Phi) is 4.75. The highest BCUT2D eigenvalue weighted by Gasteiger charge is 2.13. The lowest BCUT2D eigenvalue weighted by molar-refractivity contribution is -0.116. The molecule has 2 N–H and O–H groups in total. The van der Waals surface area contributed by atoms with Gasteiger partial charge in [-0.2, -0.15) is 5.10 Å². The van der Waals surface area contributed by atoms with E-state index in [0.29, 0.717) is 0 Å². The van der Waals surface area contributed by atoms with Crippen molar-refractivity contribution in [2.75, 3.05) is 12.4 Å². The van der Waals surface area contributed by atoms with Crippen molar-refractivity contribution in [3.63, 3.8) is 0 Å². The molecular formula is C16H22N4O. The number of carbonyl (C=O) groups is 1. The predicted octanol–water partition coefficient (Wildman–Crippen LogP) is 2.17. The van der Waals surface area contributed by atoms with Crippen LogP contribution in [0.2, 0.25) is 0 Å². The molecular weight excluding hydrogens is 264 g/mol. The molecule has 5 heteroatoms. The van der Waals surface area contributed by atoms with Crippen molar-refractivity contribution in [3.05, 3.63) is 46.8 Å². The van der Waals surface area contributed by atoms with Crippen molar-refractivity contribution >= 4 is 11.6 Å². The molecule has 0 bridgehead atoms. The number of nitrogens with zero attached hydrogens (tertiary/aromatic N) is 2. The van der Waals surface area contributed by atoms with Gasteiger partial charge in [0, 0.05) is 23.5 Å². The first-order valence-electron chi connectivity index (χ1n) is 7.05. The lowest BCUT2D eigenvalue weighted by Gasteiger charge is -2.07. The van der Waals surface area contributed by atoms with E-state index in [9.17, 15) is 4.79 Å².